The fourth-order valence-electron chi connectivity index (χ4n) is 2.85. The lowest BCUT2D eigenvalue weighted by Crippen LogP contribution is -2.24. The van der Waals surface area contributed by atoms with Crippen molar-refractivity contribution in [3.05, 3.63) is 54.7 Å². The van der Waals surface area contributed by atoms with Crippen LogP contribution < -0.4 is 5.32 Å². The number of aryl methyl sites for hydroxylation is 3. The Hall–Kier alpha value is -0.540. The summed E-state index contributed by atoms with van der Waals surface area (Å²) in [5.41, 5.74) is 6.26. The molecule has 0 saturated heterocycles. The number of thiophene rings is 1. The van der Waals surface area contributed by atoms with Crippen LogP contribution in [-0.4, -0.2) is 6.54 Å². The van der Waals surface area contributed by atoms with E-state index in [2.05, 4.69) is 45.1 Å². The third kappa shape index (κ3) is 3.81. The maximum absolute atomic E-state index is 6.40. The van der Waals surface area contributed by atoms with E-state index in [0.717, 1.165) is 27.2 Å². The van der Waals surface area contributed by atoms with E-state index < -0.39 is 0 Å². The topological polar surface area (TPSA) is 12.0 Å². The first kappa shape index (κ1) is 16.8. The average molecular weight is 342 g/mol. The van der Waals surface area contributed by atoms with Crippen LogP contribution in [0.4, 0.5) is 0 Å². The molecule has 1 atom stereocenters. The van der Waals surface area contributed by atoms with Crippen LogP contribution in [0, 0.1) is 20.8 Å². The number of hydrogen-bond acceptors (Lipinski definition) is 2. The molecule has 114 valence electrons. The highest BCUT2D eigenvalue weighted by Gasteiger charge is 2.22. The lowest BCUT2D eigenvalue weighted by atomic mass is 9.91. The molecule has 1 unspecified atom stereocenters. The van der Waals surface area contributed by atoms with Gasteiger partial charge in [-0.15, -0.1) is 11.3 Å². The number of hydrogen-bond donors (Lipinski definition) is 1. The highest BCUT2D eigenvalue weighted by atomic mass is 35.5. The summed E-state index contributed by atoms with van der Waals surface area (Å²) in [6.07, 6.45) is 1.08. The summed E-state index contributed by atoms with van der Waals surface area (Å²) in [5.74, 6) is 0. The predicted octanol–water partition coefficient (Wildman–Crippen LogP) is 6.07. The van der Waals surface area contributed by atoms with Crippen LogP contribution in [0.1, 0.15) is 47.2 Å². The Morgan fingerprint density at radius 1 is 1.10 bits per heavy atom. The molecule has 0 saturated carbocycles. The summed E-state index contributed by atoms with van der Waals surface area (Å²) in [5, 5.41) is 3.62. The zero-order valence-corrected chi connectivity index (χ0v) is 15.2. The highest BCUT2D eigenvalue weighted by molar-refractivity contribution is 7.20. The Morgan fingerprint density at radius 2 is 1.71 bits per heavy atom. The molecule has 21 heavy (non-hydrogen) atoms. The molecule has 0 aliphatic heterocycles. The van der Waals surface area contributed by atoms with Crippen LogP contribution in [0.3, 0.4) is 0 Å². The number of rotatable bonds is 5. The van der Waals surface area contributed by atoms with Gasteiger partial charge in [0, 0.05) is 5.56 Å². The monoisotopic (exact) mass is 341 g/mol. The van der Waals surface area contributed by atoms with Gasteiger partial charge in [-0.2, -0.15) is 0 Å². The van der Waals surface area contributed by atoms with Crippen LogP contribution in [-0.2, 0) is 0 Å². The number of halogens is 2. The standard InChI is InChI=1S/C17H21Cl2NS/c1-5-6-20-16(13-9-14(18)21-17(13)19)15-11(3)7-10(2)8-12(15)4/h7-9,16,20H,5-6H2,1-4H3. The largest absolute Gasteiger partial charge is 0.306 e. The molecule has 0 bridgehead atoms. The molecule has 1 aromatic heterocycles. The van der Waals surface area contributed by atoms with Gasteiger partial charge in [0.1, 0.15) is 0 Å². The second kappa shape index (κ2) is 7.15. The minimum atomic E-state index is 0.0989. The van der Waals surface area contributed by atoms with Gasteiger partial charge in [-0.3, -0.25) is 0 Å². The Labute approximate surface area is 141 Å². The van der Waals surface area contributed by atoms with Gasteiger partial charge in [0.05, 0.1) is 14.7 Å². The summed E-state index contributed by atoms with van der Waals surface area (Å²) in [6, 6.07) is 6.54. The first-order chi connectivity index (χ1) is 9.93. The second-order valence-electron chi connectivity index (χ2n) is 5.48. The SMILES string of the molecule is CCCNC(c1cc(Cl)sc1Cl)c1c(C)cc(C)cc1C. The molecule has 0 aliphatic carbocycles. The van der Waals surface area contributed by atoms with Crippen LogP contribution >= 0.6 is 34.5 Å². The molecule has 4 heteroatoms. The Kier molecular flexibility index (Phi) is 5.73. The van der Waals surface area contributed by atoms with Gasteiger partial charge in [0.15, 0.2) is 0 Å². The summed E-state index contributed by atoms with van der Waals surface area (Å²) in [7, 11) is 0. The minimum Gasteiger partial charge on any atom is -0.306 e. The zero-order chi connectivity index (χ0) is 15.6. The molecule has 1 heterocycles. The lowest BCUT2D eigenvalue weighted by Gasteiger charge is -2.23. The minimum absolute atomic E-state index is 0.0989. The summed E-state index contributed by atoms with van der Waals surface area (Å²) in [4.78, 5) is 0. The lowest BCUT2D eigenvalue weighted by molar-refractivity contribution is 0.595. The molecular weight excluding hydrogens is 321 g/mol. The molecule has 0 amide bonds. The highest BCUT2D eigenvalue weighted by Crippen LogP contribution is 2.39. The van der Waals surface area contributed by atoms with E-state index in [4.69, 9.17) is 23.2 Å². The van der Waals surface area contributed by atoms with Crippen molar-refractivity contribution in [1.29, 1.82) is 0 Å². The van der Waals surface area contributed by atoms with Gasteiger partial charge in [-0.1, -0.05) is 47.8 Å². The van der Waals surface area contributed by atoms with Crippen LogP contribution in [0.15, 0.2) is 18.2 Å². The Bertz CT molecular complexity index is 611. The van der Waals surface area contributed by atoms with Gasteiger partial charge in [0.25, 0.3) is 0 Å². The van der Waals surface area contributed by atoms with Crippen molar-refractivity contribution in [2.24, 2.45) is 0 Å². The molecule has 1 nitrogen and oxygen atoms in total. The number of benzene rings is 1. The fraction of sp³-hybridized carbons (Fsp3) is 0.412. The summed E-state index contributed by atoms with van der Waals surface area (Å²) >= 11 is 14.0. The van der Waals surface area contributed by atoms with Gasteiger partial charge in [-0.05, 0) is 56.5 Å². The predicted molar refractivity (Wildman–Crippen MR) is 95.1 cm³/mol. The maximum Gasteiger partial charge on any atom is 0.0995 e. The van der Waals surface area contributed by atoms with Crippen LogP contribution in [0.5, 0.6) is 0 Å². The van der Waals surface area contributed by atoms with E-state index in [9.17, 15) is 0 Å². The Morgan fingerprint density at radius 3 is 2.19 bits per heavy atom. The Balaban J connectivity index is 2.53. The quantitative estimate of drug-likeness (QED) is 0.695. The van der Waals surface area contributed by atoms with Crippen molar-refractivity contribution >= 4 is 34.5 Å². The third-order valence-corrected chi connectivity index (χ3v) is 5.14. The van der Waals surface area contributed by atoms with Crippen molar-refractivity contribution < 1.29 is 0 Å². The van der Waals surface area contributed by atoms with Crippen LogP contribution in [0.2, 0.25) is 8.67 Å². The first-order valence-electron chi connectivity index (χ1n) is 7.19. The summed E-state index contributed by atoms with van der Waals surface area (Å²) < 4.78 is 1.51. The molecule has 2 aromatic rings. The second-order valence-corrected chi connectivity index (χ2v) is 7.76. The van der Waals surface area contributed by atoms with Gasteiger partial charge < -0.3 is 5.32 Å². The van der Waals surface area contributed by atoms with Gasteiger partial charge in [-0.25, -0.2) is 0 Å². The zero-order valence-electron chi connectivity index (χ0n) is 12.9. The molecule has 0 fully saturated rings. The van der Waals surface area contributed by atoms with Crippen LogP contribution in [0.25, 0.3) is 0 Å². The normalized spacial score (nSPS) is 12.7. The molecule has 0 aliphatic rings. The fourth-order valence-corrected chi connectivity index (χ4v) is 4.38. The van der Waals surface area contributed by atoms with Crippen molar-refractivity contribution in [3.63, 3.8) is 0 Å². The molecule has 0 spiro atoms. The van der Waals surface area contributed by atoms with E-state index >= 15 is 0 Å². The van der Waals surface area contributed by atoms with E-state index in [1.807, 2.05) is 6.07 Å². The smallest absolute Gasteiger partial charge is 0.0995 e. The molecule has 1 aromatic carbocycles. The van der Waals surface area contributed by atoms with Crippen molar-refractivity contribution in [3.8, 4) is 0 Å². The van der Waals surface area contributed by atoms with E-state index in [1.54, 1.807) is 0 Å². The number of nitrogens with one attached hydrogen (secondary N) is 1. The molecular formula is C17H21Cl2NS. The first-order valence-corrected chi connectivity index (χ1v) is 8.77. The summed E-state index contributed by atoms with van der Waals surface area (Å²) in [6.45, 7) is 9.57. The van der Waals surface area contributed by atoms with Crippen molar-refractivity contribution in [2.75, 3.05) is 6.54 Å². The third-order valence-electron chi connectivity index (χ3n) is 3.62. The van der Waals surface area contributed by atoms with E-state index in [0.29, 0.717) is 0 Å². The van der Waals surface area contributed by atoms with E-state index in [-0.39, 0.29) is 6.04 Å². The molecule has 0 radical (unpaired) electrons. The van der Waals surface area contributed by atoms with Crippen molar-refractivity contribution in [2.45, 2.75) is 40.2 Å². The van der Waals surface area contributed by atoms with E-state index in [1.165, 1.54) is 33.6 Å². The maximum atomic E-state index is 6.40. The molecule has 2 rings (SSSR count). The molecule has 1 N–H and O–H groups in total. The van der Waals surface area contributed by atoms with Gasteiger partial charge >= 0.3 is 0 Å². The van der Waals surface area contributed by atoms with Gasteiger partial charge in [0.2, 0.25) is 0 Å². The van der Waals surface area contributed by atoms with Crippen molar-refractivity contribution in [1.82, 2.24) is 5.32 Å². The average Bonchev–Trinajstić information content (AvgIpc) is 2.71.